The molecule has 0 aliphatic heterocycles. The third-order valence-electron chi connectivity index (χ3n) is 1.84. The van der Waals surface area contributed by atoms with Crippen LogP contribution in [0.3, 0.4) is 0 Å². The van der Waals surface area contributed by atoms with Crippen LogP contribution >= 0.6 is 0 Å². The lowest BCUT2D eigenvalue weighted by Gasteiger charge is -2.10. The zero-order valence-corrected chi connectivity index (χ0v) is 7.95. The van der Waals surface area contributed by atoms with Gasteiger partial charge in [-0.25, -0.2) is 0 Å². The summed E-state index contributed by atoms with van der Waals surface area (Å²) in [5.41, 5.74) is -1.14. The first-order chi connectivity index (χ1) is 7.49. The van der Waals surface area contributed by atoms with Crippen LogP contribution in [-0.2, 0) is 11.0 Å². The highest BCUT2D eigenvalue weighted by molar-refractivity contribution is 5.75. The van der Waals surface area contributed by atoms with Crippen LogP contribution < -0.4 is 0 Å². The average Bonchev–Trinajstić information content (AvgIpc) is 2.25. The van der Waals surface area contributed by atoms with E-state index in [1.165, 1.54) is 6.07 Å². The summed E-state index contributed by atoms with van der Waals surface area (Å²) in [7, 11) is 0. The van der Waals surface area contributed by atoms with Crippen LogP contribution in [0.15, 0.2) is 24.3 Å². The Balaban J connectivity index is 3.34. The molecule has 2 nitrogen and oxygen atoms in total. The molecule has 82 valence electrons. The molecule has 0 bridgehead atoms. The zero-order chi connectivity index (χ0) is 12.2. The van der Waals surface area contributed by atoms with Crippen molar-refractivity contribution in [3.8, 4) is 6.07 Å². The smallest absolute Gasteiger partial charge is 0.299 e. The number of carbonyl (C=O) groups excluding carboxylic acids is 1. The van der Waals surface area contributed by atoms with E-state index in [0.717, 1.165) is 24.3 Å². The maximum atomic E-state index is 12.6. The molecule has 0 fully saturated rings. The second-order valence-electron chi connectivity index (χ2n) is 2.91. The lowest BCUT2D eigenvalue weighted by Crippen LogP contribution is -2.07. The van der Waals surface area contributed by atoms with Gasteiger partial charge in [0.05, 0.1) is 17.2 Å². The van der Waals surface area contributed by atoms with Gasteiger partial charge in [0, 0.05) is 0 Å². The number of carbonyl (C=O) groups is 1. The van der Waals surface area contributed by atoms with Crippen molar-refractivity contribution in [1.82, 2.24) is 0 Å². The first-order valence-electron chi connectivity index (χ1n) is 4.22. The van der Waals surface area contributed by atoms with Gasteiger partial charge in [0.15, 0.2) is 0 Å². The fourth-order valence-corrected chi connectivity index (χ4v) is 1.16. The number of rotatable bonds is 2. The summed E-state index contributed by atoms with van der Waals surface area (Å²) in [6.07, 6.45) is -2.14. The maximum Gasteiger partial charge on any atom is 0.417 e. The van der Waals surface area contributed by atoms with Crippen LogP contribution in [0.1, 0.15) is 16.7 Å². The molecular formula is C11H6F3NO. The number of hydrogen-bond donors (Lipinski definition) is 0. The summed E-state index contributed by atoms with van der Waals surface area (Å²) in [4.78, 5) is 10.0. The molecule has 1 rings (SSSR count). The number of benzene rings is 1. The average molecular weight is 225 g/mol. The Morgan fingerprint density at radius 2 is 2.00 bits per heavy atom. The second kappa shape index (κ2) is 4.62. The van der Waals surface area contributed by atoms with Gasteiger partial charge in [-0.1, -0.05) is 12.1 Å². The highest BCUT2D eigenvalue weighted by atomic mass is 19.4. The van der Waals surface area contributed by atoms with Gasteiger partial charge in [0.1, 0.15) is 6.29 Å². The molecule has 1 aromatic carbocycles. The molecule has 0 unspecified atom stereocenters. The van der Waals surface area contributed by atoms with Crippen molar-refractivity contribution in [1.29, 1.82) is 5.26 Å². The Bertz CT molecular complexity index is 469. The second-order valence-corrected chi connectivity index (χ2v) is 2.91. The number of nitriles is 1. The molecule has 0 aliphatic carbocycles. The van der Waals surface area contributed by atoms with Crippen molar-refractivity contribution in [3.63, 3.8) is 0 Å². The van der Waals surface area contributed by atoms with Crippen molar-refractivity contribution >= 4 is 12.4 Å². The van der Waals surface area contributed by atoms with Crippen molar-refractivity contribution in [2.45, 2.75) is 6.18 Å². The van der Waals surface area contributed by atoms with Crippen LogP contribution in [0.2, 0.25) is 0 Å². The van der Waals surface area contributed by atoms with Gasteiger partial charge >= 0.3 is 6.18 Å². The molecule has 0 aromatic heterocycles. The van der Waals surface area contributed by atoms with Gasteiger partial charge in [0.25, 0.3) is 0 Å². The summed E-state index contributed by atoms with van der Waals surface area (Å²) in [5, 5.41) is 8.50. The number of allylic oxidation sites excluding steroid dienone is 1. The van der Waals surface area contributed by atoms with E-state index in [4.69, 9.17) is 5.26 Å². The standard InChI is InChI=1S/C11H6F3NO/c12-11(13,14)10-6-8(7-15)3-4-9(10)2-1-5-16/h1-6H. The summed E-state index contributed by atoms with van der Waals surface area (Å²) < 4.78 is 37.7. The predicted octanol–water partition coefficient (Wildman–Crippen LogP) is 2.79. The third-order valence-corrected chi connectivity index (χ3v) is 1.84. The number of nitrogens with zero attached hydrogens (tertiary/aromatic N) is 1. The van der Waals surface area contributed by atoms with E-state index in [1.807, 2.05) is 0 Å². The summed E-state index contributed by atoms with van der Waals surface area (Å²) >= 11 is 0. The topological polar surface area (TPSA) is 40.9 Å². The Morgan fingerprint density at radius 3 is 2.50 bits per heavy atom. The van der Waals surface area contributed by atoms with Crippen LogP contribution in [0.25, 0.3) is 6.08 Å². The van der Waals surface area contributed by atoms with E-state index in [2.05, 4.69) is 0 Å². The van der Waals surface area contributed by atoms with Gasteiger partial charge in [-0.05, 0) is 23.8 Å². The Hall–Kier alpha value is -2.09. The Morgan fingerprint density at radius 1 is 1.31 bits per heavy atom. The summed E-state index contributed by atoms with van der Waals surface area (Å²) in [6.45, 7) is 0. The fourth-order valence-electron chi connectivity index (χ4n) is 1.16. The third kappa shape index (κ3) is 2.70. The SMILES string of the molecule is N#Cc1ccc(C=CC=O)c(C(F)(F)F)c1. The summed E-state index contributed by atoms with van der Waals surface area (Å²) in [6, 6.07) is 4.80. The molecular weight excluding hydrogens is 219 g/mol. The molecule has 0 N–H and O–H groups in total. The first kappa shape index (κ1) is 12.0. The molecule has 0 atom stereocenters. The zero-order valence-electron chi connectivity index (χ0n) is 7.95. The van der Waals surface area contributed by atoms with Crippen LogP contribution in [-0.4, -0.2) is 6.29 Å². The lowest BCUT2D eigenvalue weighted by molar-refractivity contribution is -0.137. The van der Waals surface area contributed by atoms with E-state index < -0.39 is 11.7 Å². The lowest BCUT2D eigenvalue weighted by atomic mass is 10.0. The van der Waals surface area contributed by atoms with Gasteiger partial charge in [-0.15, -0.1) is 0 Å². The van der Waals surface area contributed by atoms with Crippen molar-refractivity contribution in [3.05, 3.63) is 41.0 Å². The van der Waals surface area contributed by atoms with Gasteiger partial charge in [-0.2, -0.15) is 18.4 Å². The van der Waals surface area contributed by atoms with Gasteiger partial charge in [0.2, 0.25) is 0 Å². The van der Waals surface area contributed by atoms with Crippen molar-refractivity contribution < 1.29 is 18.0 Å². The maximum absolute atomic E-state index is 12.6. The molecule has 0 amide bonds. The fraction of sp³-hybridized carbons (Fsp3) is 0.0909. The summed E-state index contributed by atoms with van der Waals surface area (Å²) in [5.74, 6) is 0. The van der Waals surface area contributed by atoms with Crippen molar-refractivity contribution in [2.24, 2.45) is 0 Å². The number of alkyl halides is 3. The van der Waals surface area contributed by atoms with Crippen molar-refractivity contribution in [2.75, 3.05) is 0 Å². The highest BCUT2D eigenvalue weighted by Gasteiger charge is 2.32. The Kier molecular flexibility index (Phi) is 3.46. The van der Waals surface area contributed by atoms with E-state index in [9.17, 15) is 18.0 Å². The molecule has 0 radical (unpaired) electrons. The monoisotopic (exact) mass is 225 g/mol. The van der Waals surface area contributed by atoms with Crippen LogP contribution in [0.5, 0.6) is 0 Å². The van der Waals surface area contributed by atoms with E-state index in [0.29, 0.717) is 6.29 Å². The van der Waals surface area contributed by atoms with Gasteiger partial charge in [-0.3, -0.25) is 4.79 Å². The van der Waals surface area contributed by atoms with Crippen LogP contribution in [0.4, 0.5) is 13.2 Å². The minimum Gasteiger partial charge on any atom is -0.299 e. The van der Waals surface area contributed by atoms with Crippen LogP contribution in [0, 0.1) is 11.3 Å². The van der Waals surface area contributed by atoms with E-state index in [1.54, 1.807) is 6.07 Å². The van der Waals surface area contributed by atoms with E-state index >= 15 is 0 Å². The predicted molar refractivity (Wildman–Crippen MR) is 51.3 cm³/mol. The minimum atomic E-state index is -4.55. The number of halogens is 3. The molecule has 1 aromatic rings. The molecule has 0 saturated carbocycles. The molecule has 0 aliphatic rings. The van der Waals surface area contributed by atoms with Gasteiger partial charge < -0.3 is 0 Å². The Labute approximate surface area is 89.6 Å². The molecule has 16 heavy (non-hydrogen) atoms. The molecule has 5 heteroatoms. The molecule has 0 spiro atoms. The minimum absolute atomic E-state index is 0.0735. The highest BCUT2D eigenvalue weighted by Crippen LogP contribution is 2.33. The number of hydrogen-bond acceptors (Lipinski definition) is 2. The first-order valence-corrected chi connectivity index (χ1v) is 4.22. The quantitative estimate of drug-likeness (QED) is 0.573. The largest absolute Gasteiger partial charge is 0.417 e. The molecule has 0 heterocycles. The normalized spacial score (nSPS) is 11.4. The molecule has 0 saturated heterocycles. The van der Waals surface area contributed by atoms with E-state index in [-0.39, 0.29) is 11.1 Å². The number of aldehydes is 1.